The number of piperazine rings is 1. The molecule has 0 amide bonds. The Morgan fingerprint density at radius 1 is 1.24 bits per heavy atom. The number of aromatic hydroxyl groups is 1. The van der Waals surface area contributed by atoms with E-state index in [0.717, 1.165) is 31.9 Å². The fourth-order valence-corrected chi connectivity index (χ4v) is 2.62. The van der Waals surface area contributed by atoms with Gasteiger partial charge in [-0.3, -0.25) is 4.98 Å². The van der Waals surface area contributed by atoms with Crippen molar-refractivity contribution >= 4 is 22.6 Å². The zero-order valence-corrected chi connectivity index (χ0v) is 11.8. The van der Waals surface area contributed by atoms with Gasteiger partial charge in [0.1, 0.15) is 11.3 Å². The van der Waals surface area contributed by atoms with E-state index in [0.29, 0.717) is 10.9 Å². The molecule has 0 bridgehead atoms. The van der Waals surface area contributed by atoms with Crippen molar-refractivity contribution in [3.8, 4) is 5.75 Å². The van der Waals surface area contributed by atoms with Gasteiger partial charge in [-0.05, 0) is 25.2 Å². The lowest BCUT2D eigenvalue weighted by Crippen LogP contribution is -2.44. The van der Waals surface area contributed by atoms with E-state index in [1.165, 1.54) is 12.1 Å². The molecule has 0 saturated carbocycles. The van der Waals surface area contributed by atoms with Crippen molar-refractivity contribution in [2.75, 3.05) is 38.1 Å². The number of pyridine rings is 1. The van der Waals surface area contributed by atoms with Gasteiger partial charge in [-0.25, -0.2) is 4.79 Å². The Morgan fingerprint density at radius 3 is 2.62 bits per heavy atom. The number of aromatic carboxylic acids is 1. The first kappa shape index (κ1) is 13.6. The molecule has 1 aliphatic heterocycles. The third-order valence-electron chi connectivity index (χ3n) is 3.91. The third-order valence-corrected chi connectivity index (χ3v) is 3.91. The van der Waals surface area contributed by atoms with Crippen molar-refractivity contribution < 1.29 is 15.0 Å². The maximum atomic E-state index is 11.3. The van der Waals surface area contributed by atoms with E-state index in [2.05, 4.69) is 21.8 Å². The lowest BCUT2D eigenvalue weighted by atomic mass is 10.1. The van der Waals surface area contributed by atoms with Crippen molar-refractivity contribution in [1.29, 1.82) is 0 Å². The molecule has 1 aromatic heterocycles. The van der Waals surface area contributed by atoms with Crippen LogP contribution in [0.25, 0.3) is 10.9 Å². The van der Waals surface area contributed by atoms with E-state index >= 15 is 0 Å². The number of nitrogens with zero attached hydrogens (tertiary/aromatic N) is 3. The molecule has 3 rings (SSSR count). The molecule has 0 radical (unpaired) electrons. The molecule has 0 aliphatic carbocycles. The van der Waals surface area contributed by atoms with Gasteiger partial charge < -0.3 is 20.0 Å². The highest BCUT2D eigenvalue weighted by Crippen LogP contribution is 2.29. The van der Waals surface area contributed by atoms with E-state index < -0.39 is 5.97 Å². The van der Waals surface area contributed by atoms with E-state index in [-0.39, 0.29) is 11.3 Å². The highest BCUT2D eigenvalue weighted by Gasteiger charge is 2.17. The molecule has 1 aliphatic rings. The highest BCUT2D eigenvalue weighted by molar-refractivity contribution is 6.05. The van der Waals surface area contributed by atoms with Gasteiger partial charge in [0.05, 0.1) is 17.4 Å². The molecule has 0 unspecified atom stereocenters. The summed E-state index contributed by atoms with van der Waals surface area (Å²) in [6, 6.07) is 4.58. The van der Waals surface area contributed by atoms with Gasteiger partial charge in [0, 0.05) is 31.6 Å². The van der Waals surface area contributed by atoms with Crippen LogP contribution in [-0.2, 0) is 0 Å². The minimum absolute atomic E-state index is 0.0000671. The van der Waals surface area contributed by atoms with Crippen molar-refractivity contribution in [1.82, 2.24) is 9.88 Å². The predicted molar refractivity (Wildman–Crippen MR) is 80.1 cm³/mol. The lowest BCUT2D eigenvalue weighted by Gasteiger charge is -2.33. The van der Waals surface area contributed by atoms with Gasteiger partial charge in [0.2, 0.25) is 0 Å². The molecule has 110 valence electrons. The van der Waals surface area contributed by atoms with Gasteiger partial charge in [-0.15, -0.1) is 0 Å². The van der Waals surface area contributed by atoms with Gasteiger partial charge in [0.15, 0.2) is 0 Å². The predicted octanol–water partition coefficient (Wildman–Crippen LogP) is 1.39. The van der Waals surface area contributed by atoms with Crippen LogP contribution in [0.4, 0.5) is 5.69 Å². The minimum atomic E-state index is -1.02. The minimum Gasteiger partial charge on any atom is -0.506 e. The summed E-state index contributed by atoms with van der Waals surface area (Å²) in [4.78, 5) is 20.0. The Morgan fingerprint density at radius 2 is 1.95 bits per heavy atom. The van der Waals surface area contributed by atoms with Crippen LogP contribution in [0.1, 0.15) is 10.4 Å². The molecular formula is C15H17N3O3. The fourth-order valence-electron chi connectivity index (χ4n) is 2.62. The Bertz CT molecular complexity index is 694. The molecule has 6 heteroatoms. The van der Waals surface area contributed by atoms with Crippen LogP contribution >= 0.6 is 0 Å². The molecule has 0 spiro atoms. The summed E-state index contributed by atoms with van der Waals surface area (Å²) >= 11 is 0. The zero-order chi connectivity index (χ0) is 15.0. The Kier molecular flexibility index (Phi) is 3.39. The summed E-state index contributed by atoms with van der Waals surface area (Å²) in [5, 5.41) is 19.6. The second kappa shape index (κ2) is 5.21. The van der Waals surface area contributed by atoms with E-state index in [4.69, 9.17) is 0 Å². The summed E-state index contributed by atoms with van der Waals surface area (Å²) in [6.07, 6.45) is 1.69. The molecule has 0 atom stereocenters. The molecule has 1 fully saturated rings. The normalized spacial score (nSPS) is 16.3. The topological polar surface area (TPSA) is 76.9 Å². The number of fused-ring (bicyclic) bond motifs is 1. The number of aromatic nitrogens is 1. The number of carboxylic acids is 1. The number of phenolic OH excluding ortho intramolecular Hbond substituents is 1. The van der Waals surface area contributed by atoms with Crippen LogP contribution in [0.3, 0.4) is 0 Å². The monoisotopic (exact) mass is 287 g/mol. The van der Waals surface area contributed by atoms with Crippen LogP contribution in [0, 0.1) is 0 Å². The van der Waals surface area contributed by atoms with Crippen LogP contribution in [0.5, 0.6) is 5.75 Å². The Labute approximate surface area is 122 Å². The summed E-state index contributed by atoms with van der Waals surface area (Å²) in [7, 11) is 2.08. The number of benzene rings is 1. The number of rotatable bonds is 2. The van der Waals surface area contributed by atoms with Gasteiger partial charge >= 0.3 is 5.97 Å². The molecule has 6 nitrogen and oxygen atoms in total. The average Bonchev–Trinajstić information content (AvgIpc) is 2.47. The fraction of sp³-hybridized carbons (Fsp3) is 0.333. The summed E-state index contributed by atoms with van der Waals surface area (Å²) in [6.45, 7) is 3.68. The maximum Gasteiger partial charge on any atom is 0.336 e. The van der Waals surface area contributed by atoms with Crippen LogP contribution < -0.4 is 4.90 Å². The second-order valence-corrected chi connectivity index (χ2v) is 5.32. The van der Waals surface area contributed by atoms with Crippen molar-refractivity contribution in [3.05, 3.63) is 30.0 Å². The lowest BCUT2D eigenvalue weighted by molar-refractivity contribution is 0.0699. The largest absolute Gasteiger partial charge is 0.506 e. The summed E-state index contributed by atoms with van der Waals surface area (Å²) < 4.78 is 0. The van der Waals surface area contributed by atoms with Gasteiger partial charge in [-0.2, -0.15) is 0 Å². The van der Waals surface area contributed by atoms with Gasteiger partial charge in [0.25, 0.3) is 0 Å². The first-order valence-corrected chi connectivity index (χ1v) is 6.85. The molecule has 2 N–H and O–H groups in total. The number of hydrogen-bond donors (Lipinski definition) is 2. The van der Waals surface area contributed by atoms with Crippen molar-refractivity contribution in [2.45, 2.75) is 0 Å². The maximum absolute atomic E-state index is 11.3. The van der Waals surface area contributed by atoms with E-state index in [1.807, 2.05) is 0 Å². The van der Waals surface area contributed by atoms with E-state index in [1.54, 1.807) is 12.3 Å². The van der Waals surface area contributed by atoms with E-state index in [9.17, 15) is 15.0 Å². The smallest absolute Gasteiger partial charge is 0.336 e. The number of phenols is 1. The molecular weight excluding hydrogens is 270 g/mol. The molecule has 2 aromatic rings. The molecule has 1 saturated heterocycles. The molecule has 21 heavy (non-hydrogen) atoms. The second-order valence-electron chi connectivity index (χ2n) is 5.32. The number of anilines is 1. The van der Waals surface area contributed by atoms with Crippen molar-refractivity contribution in [3.63, 3.8) is 0 Å². The first-order chi connectivity index (χ1) is 10.1. The van der Waals surface area contributed by atoms with Gasteiger partial charge in [-0.1, -0.05) is 0 Å². The number of carbonyl (C=O) groups is 1. The number of carboxylic acid groups (broad SMARTS) is 1. The summed E-state index contributed by atoms with van der Waals surface area (Å²) in [5.74, 6) is -1.02. The van der Waals surface area contributed by atoms with Crippen LogP contribution in [0.15, 0.2) is 24.4 Å². The average molecular weight is 287 g/mol. The van der Waals surface area contributed by atoms with Crippen LogP contribution in [0.2, 0.25) is 0 Å². The zero-order valence-electron chi connectivity index (χ0n) is 11.8. The first-order valence-electron chi connectivity index (χ1n) is 6.85. The highest BCUT2D eigenvalue weighted by atomic mass is 16.4. The SMILES string of the molecule is CN1CCN(c2cnc3c(O)ccc(C(=O)O)c3c2)CC1. The quantitative estimate of drug-likeness (QED) is 0.869. The molecule has 1 aromatic carbocycles. The summed E-state index contributed by atoms with van der Waals surface area (Å²) in [5.41, 5.74) is 1.38. The Balaban J connectivity index is 2.06. The Hall–Kier alpha value is -2.34. The third kappa shape index (κ3) is 2.50. The number of hydrogen-bond acceptors (Lipinski definition) is 5. The molecule has 2 heterocycles. The van der Waals surface area contributed by atoms with Crippen molar-refractivity contribution in [2.24, 2.45) is 0 Å². The standard InChI is InChI=1S/C15H17N3O3/c1-17-4-6-18(7-5-17)10-8-12-11(15(20)21)2-3-13(19)14(12)16-9-10/h2-3,8-9,19H,4-7H2,1H3,(H,20,21). The van der Waals surface area contributed by atoms with Crippen LogP contribution in [-0.4, -0.2) is 59.3 Å². The number of likely N-dealkylation sites (N-methyl/N-ethyl adjacent to an activating group) is 1.